The van der Waals surface area contributed by atoms with Gasteiger partial charge in [0.1, 0.15) is 13.2 Å². The van der Waals surface area contributed by atoms with Crippen molar-refractivity contribution in [2.45, 2.75) is 322 Å². The Morgan fingerprint density at radius 3 is 0.797 bits per heavy atom. The second-order valence-electron chi connectivity index (χ2n) is 22.0. The lowest BCUT2D eigenvalue weighted by molar-refractivity contribution is -0.167. The molecule has 1 unspecified atom stereocenters. The summed E-state index contributed by atoms with van der Waals surface area (Å²) in [4.78, 5) is 38.4. The van der Waals surface area contributed by atoms with Crippen LogP contribution < -0.4 is 0 Å². The van der Waals surface area contributed by atoms with Gasteiger partial charge in [-0.15, -0.1) is 0 Å². The van der Waals surface area contributed by atoms with Gasteiger partial charge in [-0.1, -0.05) is 278 Å². The second kappa shape index (κ2) is 66.6. The highest BCUT2D eigenvalue weighted by Gasteiger charge is 2.19. The molecule has 0 spiro atoms. The van der Waals surface area contributed by atoms with E-state index in [0.717, 1.165) is 122 Å². The normalized spacial score (nSPS) is 12.8. The first-order chi connectivity index (χ1) is 39.0. The third kappa shape index (κ3) is 64.8. The molecule has 0 bridgehead atoms. The minimum Gasteiger partial charge on any atom is -0.462 e. The van der Waals surface area contributed by atoms with Gasteiger partial charge in [-0.2, -0.15) is 0 Å². The van der Waals surface area contributed by atoms with Crippen molar-refractivity contribution in [1.29, 1.82) is 0 Å². The number of carbonyl (C=O) groups is 3. The van der Waals surface area contributed by atoms with Gasteiger partial charge >= 0.3 is 17.9 Å². The molecular formula is C73H124O6. The standard InChI is InChI=1S/C73H124O6/c1-4-7-10-13-16-19-22-25-28-31-33-35-36-38-39-42-45-48-51-54-57-60-63-66-72(75)78-69-70(68-77-71(74)65-62-59-56-53-50-47-44-41-30-27-24-21-18-15-12-9-6-3)79-73(76)67-64-61-58-55-52-49-46-43-40-37-34-32-29-26-23-20-17-14-11-8-5-2/h7,10,16,18-19,21,23,25-28,30,32-35,40,43,70H,4-6,8-9,11-15,17,20,22,24,29,31,36-39,41-42,44-69H2,1-3H3/b10-7-,19-16-,21-18-,26-23-,28-25-,30-27-,34-32-,35-33-,43-40-. The monoisotopic (exact) mass is 1100 g/mol. The molecule has 0 aromatic carbocycles. The summed E-state index contributed by atoms with van der Waals surface area (Å²) < 4.78 is 17.0. The molecule has 1 atom stereocenters. The van der Waals surface area contributed by atoms with Crippen molar-refractivity contribution >= 4 is 17.9 Å². The van der Waals surface area contributed by atoms with E-state index in [1.54, 1.807) is 0 Å². The third-order valence-corrected chi connectivity index (χ3v) is 14.2. The molecule has 0 aliphatic carbocycles. The number of carbonyl (C=O) groups excluding carboxylic acids is 3. The highest BCUT2D eigenvalue weighted by atomic mass is 16.6. The lowest BCUT2D eigenvalue weighted by atomic mass is 10.1. The van der Waals surface area contributed by atoms with Gasteiger partial charge in [0.2, 0.25) is 0 Å². The van der Waals surface area contributed by atoms with Crippen LogP contribution in [0.4, 0.5) is 0 Å². The van der Waals surface area contributed by atoms with Gasteiger partial charge in [0.25, 0.3) is 0 Å². The second-order valence-corrected chi connectivity index (χ2v) is 22.0. The Kier molecular flexibility index (Phi) is 63.3. The molecule has 0 N–H and O–H groups in total. The first-order valence-electron chi connectivity index (χ1n) is 33.4. The Morgan fingerprint density at radius 2 is 0.494 bits per heavy atom. The largest absolute Gasteiger partial charge is 0.462 e. The first kappa shape index (κ1) is 75.1. The van der Waals surface area contributed by atoms with Crippen molar-refractivity contribution in [2.75, 3.05) is 13.2 Å². The Hall–Kier alpha value is -3.93. The van der Waals surface area contributed by atoms with E-state index in [2.05, 4.69) is 130 Å². The van der Waals surface area contributed by atoms with Crippen LogP contribution in [0.2, 0.25) is 0 Å². The van der Waals surface area contributed by atoms with Crippen LogP contribution in [-0.2, 0) is 28.6 Å². The SMILES string of the molecule is CC/C=C\C/C=C\C/C=C\C/C=C\CCCCCCCCCCCCC(=O)OCC(COC(=O)CCCCCCCCC/C=C\C/C=C\CCCCC)OC(=O)CCCCCCCC/C=C\C/C=C\C/C=C\CCCCCCC. The molecule has 452 valence electrons. The molecule has 0 saturated heterocycles. The topological polar surface area (TPSA) is 78.9 Å². The van der Waals surface area contributed by atoms with Crippen LogP contribution in [0.5, 0.6) is 0 Å². The molecule has 0 radical (unpaired) electrons. The van der Waals surface area contributed by atoms with Crippen molar-refractivity contribution in [3.8, 4) is 0 Å². The van der Waals surface area contributed by atoms with Crippen molar-refractivity contribution in [3.05, 3.63) is 109 Å². The lowest BCUT2D eigenvalue weighted by Crippen LogP contribution is -2.30. The van der Waals surface area contributed by atoms with Gasteiger partial charge in [0.15, 0.2) is 6.10 Å². The summed E-state index contributed by atoms with van der Waals surface area (Å²) in [5.74, 6) is -0.903. The Balaban J connectivity index is 4.42. The summed E-state index contributed by atoms with van der Waals surface area (Å²) in [6.07, 6.45) is 90.9. The summed E-state index contributed by atoms with van der Waals surface area (Å²) in [5, 5.41) is 0. The molecule has 0 saturated carbocycles. The molecule has 0 rings (SSSR count). The van der Waals surface area contributed by atoms with Gasteiger partial charge in [-0.3, -0.25) is 14.4 Å². The third-order valence-electron chi connectivity index (χ3n) is 14.2. The molecule has 0 fully saturated rings. The average Bonchev–Trinajstić information content (AvgIpc) is 3.45. The molecule has 0 aromatic heterocycles. The van der Waals surface area contributed by atoms with Gasteiger partial charge < -0.3 is 14.2 Å². The highest BCUT2D eigenvalue weighted by Crippen LogP contribution is 2.16. The summed E-state index contributed by atoms with van der Waals surface area (Å²) in [6.45, 7) is 6.50. The van der Waals surface area contributed by atoms with E-state index in [0.29, 0.717) is 19.3 Å². The zero-order chi connectivity index (χ0) is 57.1. The molecule has 0 aromatic rings. The summed E-state index contributed by atoms with van der Waals surface area (Å²) in [7, 11) is 0. The van der Waals surface area contributed by atoms with Gasteiger partial charge in [-0.25, -0.2) is 0 Å². The molecule has 0 amide bonds. The fourth-order valence-electron chi connectivity index (χ4n) is 9.24. The molecule has 0 aliphatic heterocycles. The van der Waals surface area contributed by atoms with Crippen LogP contribution in [0, 0.1) is 0 Å². The predicted molar refractivity (Wildman–Crippen MR) is 343 cm³/mol. The zero-order valence-corrected chi connectivity index (χ0v) is 51.9. The van der Waals surface area contributed by atoms with Crippen LogP contribution in [-0.4, -0.2) is 37.2 Å². The van der Waals surface area contributed by atoms with Gasteiger partial charge in [0, 0.05) is 19.3 Å². The minimum absolute atomic E-state index is 0.0886. The van der Waals surface area contributed by atoms with Crippen molar-refractivity contribution in [1.82, 2.24) is 0 Å². The van der Waals surface area contributed by atoms with E-state index in [-0.39, 0.29) is 31.1 Å². The molecule has 0 heterocycles. The smallest absolute Gasteiger partial charge is 0.306 e. The fourth-order valence-corrected chi connectivity index (χ4v) is 9.24. The summed E-state index contributed by atoms with van der Waals surface area (Å²) in [6, 6.07) is 0. The number of hydrogen-bond donors (Lipinski definition) is 0. The van der Waals surface area contributed by atoms with E-state index in [1.165, 1.54) is 154 Å². The minimum atomic E-state index is -0.794. The molecule has 0 aliphatic rings. The highest BCUT2D eigenvalue weighted by molar-refractivity contribution is 5.71. The number of esters is 3. The lowest BCUT2D eigenvalue weighted by Gasteiger charge is -2.18. The molecule has 6 nitrogen and oxygen atoms in total. The molecule has 6 heteroatoms. The first-order valence-corrected chi connectivity index (χ1v) is 33.4. The van der Waals surface area contributed by atoms with Crippen molar-refractivity contribution in [3.63, 3.8) is 0 Å². The number of hydrogen-bond acceptors (Lipinski definition) is 6. The Bertz CT molecular complexity index is 1590. The maximum absolute atomic E-state index is 12.9. The predicted octanol–water partition coefficient (Wildman–Crippen LogP) is 23.0. The maximum Gasteiger partial charge on any atom is 0.306 e. The summed E-state index contributed by atoms with van der Waals surface area (Å²) >= 11 is 0. The fraction of sp³-hybridized carbons (Fsp3) is 0.712. The number of ether oxygens (including phenoxy) is 3. The van der Waals surface area contributed by atoms with Crippen LogP contribution >= 0.6 is 0 Å². The number of allylic oxidation sites excluding steroid dienone is 18. The van der Waals surface area contributed by atoms with Crippen molar-refractivity contribution in [2.24, 2.45) is 0 Å². The quantitative estimate of drug-likeness (QED) is 0.0261. The van der Waals surface area contributed by atoms with E-state index >= 15 is 0 Å². The van der Waals surface area contributed by atoms with Gasteiger partial charge in [-0.05, 0) is 128 Å². The Labute approximate surface area is 489 Å². The number of unbranched alkanes of at least 4 members (excludes halogenated alkanes) is 31. The van der Waals surface area contributed by atoms with E-state index < -0.39 is 6.10 Å². The maximum atomic E-state index is 12.9. The van der Waals surface area contributed by atoms with Gasteiger partial charge in [0.05, 0.1) is 0 Å². The Morgan fingerprint density at radius 1 is 0.266 bits per heavy atom. The van der Waals surface area contributed by atoms with Crippen molar-refractivity contribution < 1.29 is 28.6 Å². The van der Waals surface area contributed by atoms with Crippen LogP contribution in [0.15, 0.2) is 109 Å². The average molecular weight is 1100 g/mol. The molecular weight excluding hydrogens is 973 g/mol. The van der Waals surface area contributed by atoms with Crippen LogP contribution in [0.25, 0.3) is 0 Å². The van der Waals surface area contributed by atoms with E-state index in [1.807, 2.05) is 0 Å². The summed E-state index contributed by atoms with van der Waals surface area (Å²) in [5.41, 5.74) is 0. The zero-order valence-electron chi connectivity index (χ0n) is 51.9. The van der Waals surface area contributed by atoms with E-state index in [9.17, 15) is 14.4 Å². The molecule has 79 heavy (non-hydrogen) atoms. The van der Waals surface area contributed by atoms with E-state index in [4.69, 9.17) is 14.2 Å². The van der Waals surface area contributed by atoms with Crippen LogP contribution in [0.1, 0.15) is 316 Å². The number of rotatable bonds is 60. The van der Waals surface area contributed by atoms with Crippen LogP contribution in [0.3, 0.4) is 0 Å².